The average molecular weight is 315 g/mol. The highest BCUT2D eigenvalue weighted by Gasteiger charge is 2.24. The van der Waals surface area contributed by atoms with Crippen LogP contribution < -0.4 is 4.90 Å². The van der Waals surface area contributed by atoms with E-state index in [1.54, 1.807) is 0 Å². The molecule has 1 aliphatic heterocycles. The molecule has 0 amide bonds. The third-order valence-corrected chi connectivity index (χ3v) is 4.62. The highest BCUT2D eigenvalue weighted by Crippen LogP contribution is 2.39. The Hall–Kier alpha value is -2.68. The molecule has 2 aromatic heterocycles. The normalized spacial score (nSPS) is 13.7. The molecular weight excluding hydrogens is 294 g/mol. The monoisotopic (exact) mass is 315 g/mol. The number of hydrogen-bond donors (Lipinski definition) is 0. The fourth-order valence-corrected chi connectivity index (χ4v) is 3.45. The van der Waals surface area contributed by atoms with Crippen molar-refractivity contribution in [3.63, 3.8) is 0 Å². The third-order valence-electron chi connectivity index (χ3n) is 4.62. The van der Waals surface area contributed by atoms with E-state index in [1.807, 2.05) is 18.5 Å². The quantitative estimate of drug-likeness (QED) is 0.629. The summed E-state index contributed by atoms with van der Waals surface area (Å²) >= 11 is 0. The summed E-state index contributed by atoms with van der Waals surface area (Å²) in [7, 11) is 0. The van der Waals surface area contributed by atoms with Crippen LogP contribution in [0.25, 0.3) is 0 Å². The number of hydrogen-bond acceptors (Lipinski definition) is 3. The minimum absolute atomic E-state index is 1.00. The molecule has 3 heteroatoms. The molecule has 3 aromatic rings. The zero-order valence-electron chi connectivity index (χ0n) is 14.2. The van der Waals surface area contributed by atoms with Crippen LogP contribution in [0.15, 0.2) is 54.9 Å². The molecule has 1 aromatic carbocycles. The van der Waals surface area contributed by atoms with Gasteiger partial charge in [0.2, 0.25) is 0 Å². The summed E-state index contributed by atoms with van der Waals surface area (Å²) in [6, 6.07) is 14.9. The van der Waals surface area contributed by atoms with E-state index in [1.165, 1.54) is 22.3 Å². The number of aryl methyl sites for hydroxylation is 4. The molecule has 0 radical (unpaired) electrons. The summed E-state index contributed by atoms with van der Waals surface area (Å²) in [6.07, 6.45) is 7.03. The van der Waals surface area contributed by atoms with Crippen LogP contribution in [0.5, 0.6) is 0 Å². The van der Waals surface area contributed by atoms with Gasteiger partial charge in [0, 0.05) is 12.4 Å². The summed E-state index contributed by atoms with van der Waals surface area (Å²) < 4.78 is 0. The zero-order valence-corrected chi connectivity index (χ0v) is 14.2. The number of benzene rings is 1. The first-order chi connectivity index (χ1) is 11.7. The van der Waals surface area contributed by atoms with Gasteiger partial charge in [-0.05, 0) is 67.5 Å². The Bertz CT molecular complexity index is 886. The molecule has 3 nitrogen and oxygen atoms in total. The summed E-state index contributed by atoms with van der Waals surface area (Å²) in [5.74, 6) is 2.01. The molecule has 1 aliphatic rings. The van der Waals surface area contributed by atoms with Crippen molar-refractivity contribution in [2.24, 2.45) is 0 Å². The first kappa shape index (κ1) is 14.9. The van der Waals surface area contributed by atoms with Gasteiger partial charge in [-0.25, -0.2) is 9.97 Å². The summed E-state index contributed by atoms with van der Waals surface area (Å²) in [4.78, 5) is 11.8. The molecule has 0 N–H and O–H groups in total. The molecule has 0 unspecified atom stereocenters. The Kier molecular flexibility index (Phi) is 3.77. The smallest absolute Gasteiger partial charge is 0.141 e. The summed E-state index contributed by atoms with van der Waals surface area (Å²) in [6.45, 7) is 4.25. The van der Waals surface area contributed by atoms with Crippen LogP contribution in [-0.4, -0.2) is 9.97 Å². The molecule has 4 rings (SSSR count). The molecule has 0 atom stereocenters. The van der Waals surface area contributed by atoms with E-state index in [-0.39, 0.29) is 0 Å². The first-order valence-electron chi connectivity index (χ1n) is 8.49. The van der Waals surface area contributed by atoms with Gasteiger partial charge in [0.05, 0.1) is 5.69 Å². The minimum Gasteiger partial charge on any atom is -0.278 e. The van der Waals surface area contributed by atoms with Gasteiger partial charge >= 0.3 is 0 Å². The number of anilines is 3. The Morgan fingerprint density at radius 2 is 1.67 bits per heavy atom. The van der Waals surface area contributed by atoms with Crippen LogP contribution >= 0.6 is 0 Å². The minimum atomic E-state index is 1.00. The van der Waals surface area contributed by atoms with E-state index in [9.17, 15) is 0 Å². The zero-order chi connectivity index (χ0) is 16.5. The van der Waals surface area contributed by atoms with Gasteiger partial charge in [0.15, 0.2) is 0 Å². The SMILES string of the molecule is Cc1cnc2c(c1)CCCc1cccnc1N2c1ccccc1C. The van der Waals surface area contributed by atoms with Crippen LogP contribution in [0, 0.1) is 13.8 Å². The summed E-state index contributed by atoms with van der Waals surface area (Å²) in [5.41, 5.74) is 6.17. The maximum absolute atomic E-state index is 4.80. The standard InChI is InChI=1S/C21H21N3/c1-15-13-18-9-5-8-17-10-6-12-22-20(17)24(21(18)23-14-15)19-11-4-3-7-16(19)2/h3-4,6-7,10-14H,5,8-9H2,1-2H3. The predicted molar refractivity (Wildman–Crippen MR) is 98.2 cm³/mol. The van der Waals surface area contributed by atoms with Crippen LogP contribution in [0.2, 0.25) is 0 Å². The van der Waals surface area contributed by atoms with Gasteiger partial charge in [-0.1, -0.05) is 30.3 Å². The van der Waals surface area contributed by atoms with Gasteiger partial charge in [0.1, 0.15) is 11.6 Å². The molecule has 24 heavy (non-hydrogen) atoms. The second-order valence-electron chi connectivity index (χ2n) is 6.46. The fraction of sp³-hybridized carbons (Fsp3) is 0.238. The molecular formula is C21H21N3. The van der Waals surface area contributed by atoms with Crippen LogP contribution in [-0.2, 0) is 12.8 Å². The van der Waals surface area contributed by atoms with Crippen LogP contribution in [0.1, 0.15) is 28.7 Å². The Morgan fingerprint density at radius 3 is 2.54 bits per heavy atom. The molecule has 0 saturated carbocycles. The summed E-state index contributed by atoms with van der Waals surface area (Å²) in [5, 5.41) is 0. The fourth-order valence-electron chi connectivity index (χ4n) is 3.45. The second kappa shape index (κ2) is 6.08. The lowest BCUT2D eigenvalue weighted by Crippen LogP contribution is -2.19. The molecule has 0 saturated heterocycles. The molecule has 0 spiro atoms. The van der Waals surface area contributed by atoms with Gasteiger partial charge in [-0.3, -0.25) is 4.90 Å². The van der Waals surface area contributed by atoms with Crippen LogP contribution in [0.4, 0.5) is 17.3 Å². The molecule has 0 aliphatic carbocycles. The van der Waals surface area contributed by atoms with Gasteiger partial charge < -0.3 is 0 Å². The number of rotatable bonds is 1. The van der Waals surface area contributed by atoms with Crippen molar-refractivity contribution in [2.75, 3.05) is 4.90 Å². The number of para-hydroxylation sites is 1. The molecule has 0 fully saturated rings. The number of pyridine rings is 2. The predicted octanol–water partition coefficient (Wildman–Crippen LogP) is 5.05. The highest BCUT2D eigenvalue weighted by molar-refractivity contribution is 5.78. The van der Waals surface area contributed by atoms with E-state index in [0.717, 1.165) is 36.6 Å². The van der Waals surface area contributed by atoms with Crippen molar-refractivity contribution in [2.45, 2.75) is 33.1 Å². The molecule has 0 bridgehead atoms. The third kappa shape index (κ3) is 2.56. The van der Waals surface area contributed by atoms with Crippen molar-refractivity contribution < 1.29 is 0 Å². The van der Waals surface area contributed by atoms with E-state index in [4.69, 9.17) is 9.97 Å². The number of aromatic nitrogens is 2. The topological polar surface area (TPSA) is 29.0 Å². The van der Waals surface area contributed by atoms with Crippen molar-refractivity contribution in [1.29, 1.82) is 0 Å². The Labute approximate surface area is 143 Å². The van der Waals surface area contributed by atoms with Crippen molar-refractivity contribution >= 4 is 17.3 Å². The van der Waals surface area contributed by atoms with Crippen molar-refractivity contribution in [3.8, 4) is 0 Å². The van der Waals surface area contributed by atoms with Gasteiger partial charge in [-0.15, -0.1) is 0 Å². The Morgan fingerprint density at radius 1 is 0.875 bits per heavy atom. The molecule has 3 heterocycles. The maximum atomic E-state index is 4.80. The lowest BCUT2D eigenvalue weighted by Gasteiger charge is -2.30. The number of nitrogens with zero attached hydrogens (tertiary/aromatic N) is 3. The van der Waals surface area contributed by atoms with Crippen molar-refractivity contribution in [1.82, 2.24) is 9.97 Å². The van der Waals surface area contributed by atoms with Crippen LogP contribution in [0.3, 0.4) is 0 Å². The second-order valence-corrected chi connectivity index (χ2v) is 6.46. The lowest BCUT2D eigenvalue weighted by molar-refractivity contribution is 0.797. The van der Waals surface area contributed by atoms with Gasteiger partial charge in [-0.2, -0.15) is 0 Å². The largest absolute Gasteiger partial charge is 0.278 e. The van der Waals surface area contributed by atoms with E-state index in [2.05, 4.69) is 55.1 Å². The van der Waals surface area contributed by atoms with Crippen molar-refractivity contribution in [3.05, 3.63) is 77.1 Å². The maximum Gasteiger partial charge on any atom is 0.141 e. The van der Waals surface area contributed by atoms with E-state index < -0.39 is 0 Å². The highest BCUT2D eigenvalue weighted by atomic mass is 15.2. The lowest BCUT2D eigenvalue weighted by atomic mass is 9.99. The van der Waals surface area contributed by atoms with Gasteiger partial charge in [0.25, 0.3) is 0 Å². The Balaban J connectivity index is 2.01. The molecule has 120 valence electrons. The van der Waals surface area contributed by atoms with E-state index in [0.29, 0.717) is 0 Å². The van der Waals surface area contributed by atoms with E-state index >= 15 is 0 Å². The average Bonchev–Trinajstić information content (AvgIpc) is 2.58. The number of fused-ring (bicyclic) bond motifs is 2. The first-order valence-corrected chi connectivity index (χ1v) is 8.49.